The lowest BCUT2D eigenvalue weighted by Gasteiger charge is -2.25. The van der Waals surface area contributed by atoms with Gasteiger partial charge in [0.2, 0.25) is 0 Å². The molecule has 0 aromatic heterocycles. The number of fused-ring (bicyclic) bond motifs is 1. The zero-order valence-electron chi connectivity index (χ0n) is 10.8. The van der Waals surface area contributed by atoms with Crippen LogP contribution in [0.5, 0.6) is 5.75 Å². The van der Waals surface area contributed by atoms with Crippen molar-refractivity contribution in [2.45, 2.75) is 26.4 Å². The van der Waals surface area contributed by atoms with Crippen LogP contribution in [0, 0.1) is 0 Å². The van der Waals surface area contributed by atoms with E-state index in [1.807, 2.05) is 57.2 Å². The van der Waals surface area contributed by atoms with Crippen LogP contribution in [0.2, 0.25) is 0 Å². The Labute approximate surface area is 107 Å². The lowest BCUT2D eigenvalue weighted by molar-refractivity contribution is -0.0650. The molecule has 0 aliphatic carbocycles. The first kappa shape index (κ1) is 12.5. The molecule has 0 bridgehead atoms. The highest BCUT2D eigenvalue weighted by molar-refractivity contribution is 5.69. The summed E-state index contributed by atoms with van der Waals surface area (Å²) in [7, 11) is 0. The van der Waals surface area contributed by atoms with Crippen molar-refractivity contribution in [2.75, 3.05) is 6.54 Å². The number of carbonyl (C=O) groups excluding carboxylic acids is 1. The molecular formula is C14H17NO3. The number of hydrogen-bond acceptors (Lipinski definition) is 3. The van der Waals surface area contributed by atoms with Gasteiger partial charge >= 0.3 is 6.09 Å². The molecule has 4 heteroatoms. The van der Waals surface area contributed by atoms with Crippen LogP contribution >= 0.6 is 0 Å². The molecule has 1 heterocycles. The number of amides is 1. The first-order valence-electron chi connectivity index (χ1n) is 5.90. The Kier molecular flexibility index (Phi) is 3.28. The predicted molar refractivity (Wildman–Crippen MR) is 69.0 cm³/mol. The zero-order chi connectivity index (χ0) is 13.2. The summed E-state index contributed by atoms with van der Waals surface area (Å²) in [6.07, 6.45) is 3.32. The van der Waals surface area contributed by atoms with Gasteiger partial charge in [-0.1, -0.05) is 30.4 Å². The van der Waals surface area contributed by atoms with Crippen molar-refractivity contribution in [1.82, 2.24) is 5.06 Å². The Balaban J connectivity index is 2.14. The summed E-state index contributed by atoms with van der Waals surface area (Å²) in [6.45, 7) is 5.84. The molecular weight excluding hydrogens is 230 g/mol. The minimum atomic E-state index is -0.532. The molecule has 1 aromatic rings. The minimum absolute atomic E-state index is 0.365. The second-order valence-electron chi connectivity index (χ2n) is 5.07. The maximum absolute atomic E-state index is 11.9. The Morgan fingerprint density at radius 2 is 2.06 bits per heavy atom. The van der Waals surface area contributed by atoms with Crippen LogP contribution in [-0.2, 0) is 4.74 Å². The Bertz CT molecular complexity index is 474. The van der Waals surface area contributed by atoms with Gasteiger partial charge in [0, 0.05) is 5.56 Å². The van der Waals surface area contributed by atoms with Gasteiger partial charge in [0.15, 0.2) is 5.75 Å². The van der Waals surface area contributed by atoms with Crippen LogP contribution in [0.15, 0.2) is 30.3 Å². The molecule has 1 aliphatic heterocycles. The minimum Gasteiger partial charge on any atom is -0.442 e. The van der Waals surface area contributed by atoms with Gasteiger partial charge in [-0.2, -0.15) is 0 Å². The van der Waals surface area contributed by atoms with E-state index in [1.54, 1.807) is 0 Å². The number of para-hydroxylation sites is 1. The van der Waals surface area contributed by atoms with Crippen molar-refractivity contribution in [3.05, 3.63) is 35.9 Å². The van der Waals surface area contributed by atoms with E-state index < -0.39 is 11.7 Å². The third kappa shape index (κ3) is 3.03. The van der Waals surface area contributed by atoms with Gasteiger partial charge in [0.05, 0.1) is 6.54 Å². The summed E-state index contributed by atoms with van der Waals surface area (Å²) in [5.41, 5.74) is 0.416. The largest absolute Gasteiger partial charge is 0.444 e. The number of nitrogens with zero attached hydrogens (tertiary/aromatic N) is 1. The molecule has 1 aliphatic rings. The first-order valence-corrected chi connectivity index (χ1v) is 5.90. The van der Waals surface area contributed by atoms with Crippen molar-refractivity contribution < 1.29 is 14.4 Å². The van der Waals surface area contributed by atoms with Crippen LogP contribution in [0.3, 0.4) is 0 Å². The fourth-order valence-electron chi connectivity index (χ4n) is 1.56. The van der Waals surface area contributed by atoms with Gasteiger partial charge < -0.3 is 9.57 Å². The highest BCUT2D eigenvalue weighted by Crippen LogP contribution is 2.23. The summed E-state index contributed by atoms with van der Waals surface area (Å²) < 4.78 is 5.28. The summed E-state index contributed by atoms with van der Waals surface area (Å²) in [4.78, 5) is 17.5. The van der Waals surface area contributed by atoms with Crippen molar-refractivity contribution in [2.24, 2.45) is 0 Å². The van der Waals surface area contributed by atoms with Gasteiger partial charge in [0.1, 0.15) is 5.60 Å². The third-order valence-corrected chi connectivity index (χ3v) is 2.29. The summed E-state index contributed by atoms with van der Waals surface area (Å²) in [5, 5.41) is 1.22. The Morgan fingerprint density at radius 3 is 2.78 bits per heavy atom. The predicted octanol–water partition coefficient (Wildman–Crippen LogP) is 3.24. The molecule has 0 saturated heterocycles. The quantitative estimate of drug-likeness (QED) is 0.706. The lowest BCUT2D eigenvalue weighted by atomic mass is 10.2. The third-order valence-electron chi connectivity index (χ3n) is 2.29. The maximum atomic E-state index is 11.9. The number of benzene rings is 1. The summed E-state index contributed by atoms with van der Waals surface area (Å²) in [5.74, 6) is 0.650. The Morgan fingerprint density at radius 1 is 1.33 bits per heavy atom. The SMILES string of the molecule is CC(C)(C)OC(=O)N1CC=Cc2ccccc2O1. The van der Waals surface area contributed by atoms with Crippen LogP contribution in [-0.4, -0.2) is 23.3 Å². The topological polar surface area (TPSA) is 38.8 Å². The molecule has 0 radical (unpaired) electrons. The monoisotopic (exact) mass is 247 g/mol. The Hall–Kier alpha value is -1.97. The van der Waals surface area contributed by atoms with Crippen molar-refractivity contribution >= 4 is 12.2 Å². The zero-order valence-corrected chi connectivity index (χ0v) is 10.8. The second kappa shape index (κ2) is 4.72. The summed E-state index contributed by atoms with van der Waals surface area (Å²) >= 11 is 0. The second-order valence-corrected chi connectivity index (χ2v) is 5.07. The molecule has 2 rings (SSSR count). The van der Waals surface area contributed by atoms with E-state index in [1.165, 1.54) is 5.06 Å². The molecule has 4 nitrogen and oxygen atoms in total. The number of ether oxygens (including phenoxy) is 1. The molecule has 0 spiro atoms. The normalized spacial score (nSPS) is 14.5. The van der Waals surface area contributed by atoms with E-state index in [4.69, 9.17) is 9.57 Å². The van der Waals surface area contributed by atoms with Gasteiger partial charge in [-0.05, 0) is 26.8 Å². The fourth-order valence-corrected chi connectivity index (χ4v) is 1.56. The number of hydroxylamine groups is 2. The molecule has 0 N–H and O–H groups in total. The smallest absolute Gasteiger partial charge is 0.442 e. The number of rotatable bonds is 0. The van der Waals surface area contributed by atoms with E-state index >= 15 is 0 Å². The van der Waals surface area contributed by atoms with Gasteiger partial charge in [-0.15, -0.1) is 5.06 Å². The van der Waals surface area contributed by atoms with Gasteiger partial charge in [0.25, 0.3) is 0 Å². The average molecular weight is 247 g/mol. The number of hydrogen-bond donors (Lipinski definition) is 0. The van der Waals surface area contributed by atoms with Crippen molar-refractivity contribution in [3.8, 4) is 5.75 Å². The molecule has 0 fully saturated rings. The molecule has 1 aromatic carbocycles. The van der Waals surface area contributed by atoms with E-state index in [-0.39, 0.29) is 0 Å². The van der Waals surface area contributed by atoms with Crippen LogP contribution in [0.25, 0.3) is 6.08 Å². The molecule has 96 valence electrons. The van der Waals surface area contributed by atoms with Crippen LogP contribution < -0.4 is 4.84 Å². The highest BCUT2D eigenvalue weighted by atomic mass is 16.7. The first-order chi connectivity index (χ1) is 8.46. The maximum Gasteiger partial charge on any atom is 0.444 e. The molecule has 0 saturated carbocycles. The lowest BCUT2D eigenvalue weighted by Crippen LogP contribution is -2.38. The van der Waals surface area contributed by atoms with E-state index in [9.17, 15) is 4.79 Å². The van der Waals surface area contributed by atoms with E-state index in [0.717, 1.165) is 5.56 Å². The fraction of sp³-hybridized carbons (Fsp3) is 0.357. The van der Waals surface area contributed by atoms with Crippen molar-refractivity contribution in [1.29, 1.82) is 0 Å². The molecule has 0 unspecified atom stereocenters. The van der Waals surface area contributed by atoms with Gasteiger partial charge in [-0.3, -0.25) is 0 Å². The summed E-state index contributed by atoms with van der Waals surface area (Å²) in [6, 6.07) is 7.55. The standard InChI is InChI=1S/C14H17NO3/c1-14(2,3)17-13(16)15-10-6-8-11-7-4-5-9-12(11)18-15/h4-9H,10H2,1-3H3. The van der Waals surface area contributed by atoms with Gasteiger partial charge in [-0.25, -0.2) is 4.79 Å². The highest BCUT2D eigenvalue weighted by Gasteiger charge is 2.24. The van der Waals surface area contributed by atoms with Crippen molar-refractivity contribution in [3.63, 3.8) is 0 Å². The number of carbonyl (C=O) groups is 1. The van der Waals surface area contributed by atoms with Crippen LogP contribution in [0.1, 0.15) is 26.3 Å². The molecule has 18 heavy (non-hydrogen) atoms. The average Bonchev–Trinajstić information content (AvgIpc) is 2.48. The van der Waals surface area contributed by atoms with Crippen LogP contribution in [0.4, 0.5) is 4.79 Å². The van der Waals surface area contributed by atoms with E-state index in [2.05, 4.69) is 0 Å². The molecule has 1 amide bonds. The van der Waals surface area contributed by atoms with E-state index in [0.29, 0.717) is 12.3 Å². The molecule has 0 atom stereocenters.